The summed E-state index contributed by atoms with van der Waals surface area (Å²) < 4.78 is 17.0. The molecule has 0 N–H and O–H groups in total. The molecule has 26 heavy (non-hydrogen) atoms. The van der Waals surface area contributed by atoms with E-state index < -0.39 is 5.60 Å². The summed E-state index contributed by atoms with van der Waals surface area (Å²) in [6.45, 7) is 6.67. The van der Waals surface area contributed by atoms with Gasteiger partial charge in [0.2, 0.25) is 0 Å². The van der Waals surface area contributed by atoms with Gasteiger partial charge in [0, 0.05) is 19.2 Å². The van der Waals surface area contributed by atoms with Crippen LogP contribution in [0.15, 0.2) is 35.2 Å². The molecule has 1 aliphatic rings. The molecular formula is C20H26N2O4. The first-order chi connectivity index (χ1) is 12.3. The maximum Gasteiger partial charge on any atom is 0.410 e. The van der Waals surface area contributed by atoms with Crippen molar-refractivity contribution in [2.75, 3.05) is 20.2 Å². The Morgan fingerprint density at radius 2 is 2.19 bits per heavy atom. The molecule has 6 nitrogen and oxygen atoms in total. The van der Waals surface area contributed by atoms with E-state index in [1.807, 2.05) is 32.9 Å². The highest BCUT2D eigenvalue weighted by Crippen LogP contribution is 2.34. The van der Waals surface area contributed by atoms with Crippen LogP contribution in [0.25, 0.3) is 11.3 Å². The fourth-order valence-electron chi connectivity index (χ4n) is 3.14. The maximum atomic E-state index is 12.3. The summed E-state index contributed by atoms with van der Waals surface area (Å²) in [7, 11) is 1.74. The number of hydrogen-bond acceptors (Lipinski definition) is 5. The molecule has 0 fully saturated rings. The normalized spacial score (nSPS) is 17.3. The Morgan fingerprint density at radius 1 is 1.38 bits per heavy atom. The maximum absolute atomic E-state index is 12.3. The predicted octanol–water partition coefficient (Wildman–Crippen LogP) is 4.21. The lowest BCUT2D eigenvalue weighted by Crippen LogP contribution is -2.37. The summed E-state index contributed by atoms with van der Waals surface area (Å²) in [6, 6.07) is 6.10. The van der Waals surface area contributed by atoms with E-state index in [1.165, 1.54) is 12.0 Å². The average molecular weight is 358 g/mol. The summed E-state index contributed by atoms with van der Waals surface area (Å²) in [4.78, 5) is 17.9. The number of fused-ring (bicyclic) bond motifs is 1. The summed E-state index contributed by atoms with van der Waals surface area (Å²) in [5.41, 5.74) is 2.80. The van der Waals surface area contributed by atoms with Crippen LogP contribution < -0.4 is 0 Å². The minimum absolute atomic E-state index is 0.201. The van der Waals surface area contributed by atoms with Crippen LogP contribution >= 0.6 is 0 Å². The van der Waals surface area contributed by atoms with Crippen molar-refractivity contribution in [1.82, 2.24) is 9.88 Å². The van der Waals surface area contributed by atoms with E-state index in [4.69, 9.17) is 13.9 Å². The van der Waals surface area contributed by atoms with Crippen molar-refractivity contribution >= 4 is 6.09 Å². The van der Waals surface area contributed by atoms with E-state index >= 15 is 0 Å². The first-order valence-corrected chi connectivity index (χ1v) is 8.91. The molecule has 1 aromatic heterocycles. The number of ether oxygens (including phenoxy) is 2. The Morgan fingerprint density at radius 3 is 2.88 bits per heavy atom. The number of hydrogen-bond donors (Lipinski definition) is 0. The van der Waals surface area contributed by atoms with Gasteiger partial charge in [0.15, 0.2) is 12.2 Å². The van der Waals surface area contributed by atoms with Crippen LogP contribution in [0.5, 0.6) is 0 Å². The number of amides is 1. The number of rotatable bonds is 3. The summed E-state index contributed by atoms with van der Waals surface area (Å²) in [5.74, 6) is 0.753. The number of carbonyl (C=O) groups excluding carboxylic acids is 1. The lowest BCUT2D eigenvalue weighted by Gasteiger charge is -2.28. The Balaban J connectivity index is 1.85. The second-order valence-electron chi connectivity index (χ2n) is 7.56. The third-order valence-corrected chi connectivity index (χ3v) is 4.29. The van der Waals surface area contributed by atoms with Crippen molar-refractivity contribution in [3.63, 3.8) is 0 Å². The van der Waals surface area contributed by atoms with Crippen molar-refractivity contribution in [3.8, 4) is 11.3 Å². The second kappa shape index (κ2) is 7.50. The topological polar surface area (TPSA) is 64.8 Å². The zero-order valence-electron chi connectivity index (χ0n) is 15.8. The van der Waals surface area contributed by atoms with Crippen LogP contribution in [0.1, 0.15) is 44.4 Å². The number of likely N-dealkylation sites (N-methyl/N-ethyl adjacent to an activating group) is 1. The molecule has 6 heteroatoms. The molecule has 0 bridgehead atoms. The monoisotopic (exact) mass is 358 g/mol. The van der Waals surface area contributed by atoms with Gasteiger partial charge in [0.05, 0.1) is 12.7 Å². The van der Waals surface area contributed by atoms with Gasteiger partial charge in [-0.2, -0.15) is 0 Å². The van der Waals surface area contributed by atoms with Gasteiger partial charge < -0.3 is 18.8 Å². The van der Waals surface area contributed by atoms with Crippen molar-refractivity contribution in [2.45, 2.75) is 45.3 Å². The minimum Gasteiger partial charge on any atom is -0.444 e. The van der Waals surface area contributed by atoms with Crippen molar-refractivity contribution in [2.24, 2.45) is 0 Å². The first-order valence-electron chi connectivity index (χ1n) is 8.91. The fraction of sp³-hybridized carbons (Fsp3) is 0.500. The number of benzene rings is 1. The standard InChI is InChI=1S/C20H26N2O4/c1-20(2,3)26-19(23)22(4)12-18-16-8-5-7-15(17-11-21-13-25-17)14(16)9-6-10-24-18/h5,7-8,11,13,18H,6,9-10,12H2,1-4H3/t18-/m1/s1. The van der Waals surface area contributed by atoms with Crippen molar-refractivity contribution in [1.29, 1.82) is 0 Å². The zero-order valence-corrected chi connectivity index (χ0v) is 15.8. The molecule has 0 spiro atoms. The largest absolute Gasteiger partial charge is 0.444 e. The van der Waals surface area contributed by atoms with Gasteiger partial charge in [-0.05, 0) is 44.7 Å². The molecule has 0 saturated carbocycles. The van der Waals surface area contributed by atoms with Crippen molar-refractivity contribution in [3.05, 3.63) is 41.9 Å². The lowest BCUT2D eigenvalue weighted by molar-refractivity contribution is 0.00410. The fourth-order valence-corrected chi connectivity index (χ4v) is 3.14. The number of carbonyl (C=O) groups is 1. The molecule has 1 amide bonds. The van der Waals surface area contributed by atoms with E-state index in [0.717, 1.165) is 29.7 Å². The molecule has 0 radical (unpaired) electrons. The third-order valence-electron chi connectivity index (χ3n) is 4.29. The molecular weight excluding hydrogens is 332 g/mol. The highest BCUT2D eigenvalue weighted by molar-refractivity contribution is 5.68. The molecule has 0 unspecified atom stereocenters. The van der Waals surface area contributed by atoms with E-state index in [-0.39, 0.29) is 12.2 Å². The molecule has 0 saturated heterocycles. The highest BCUT2D eigenvalue weighted by Gasteiger charge is 2.27. The molecule has 3 rings (SSSR count). The van der Waals surface area contributed by atoms with Crippen LogP contribution in [0, 0.1) is 0 Å². The molecule has 140 valence electrons. The van der Waals surface area contributed by atoms with Crippen LogP contribution in [0.2, 0.25) is 0 Å². The number of nitrogens with zero attached hydrogens (tertiary/aromatic N) is 2. The first kappa shape index (κ1) is 18.5. The van der Waals surface area contributed by atoms with Crippen LogP contribution in [-0.2, 0) is 15.9 Å². The molecule has 0 aliphatic carbocycles. The molecule has 2 heterocycles. The smallest absolute Gasteiger partial charge is 0.410 e. The Hall–Kier alpha value is -2.34. The number of aromatic nitrogens is 1. The predicted molar refractivity (Wildman–Crippen MR) is 97.8 cm³/mol. The van der Waals surface area contributed by atoms with Gasteiger partial charge in [-0.15, -0.1) is 0 Å². The van der Waals surface area contributed by atoms with Crippen LogP contribution in [0.4, 0.5) is 4.79 Å². The van der Waals surface area contributed by atoms with Gasteiger partial charge in [0.25, 0.3) is 0 Å². The molecule has 1 atom stereocenters. The van der Waals surface area contributed by atoms with E-state index in [9.17, 15) is 4.79 Å². The van der Waals surface area contributed by atoms with Gasteiger partial charge in [-0.1, -0.05) is 18.2 Å². The van der Waals surface area contributed by atoms with Gasteiger partial charge in [-0.25, -0.2) is 9.78 Å². The third kappa shape index (κ3) is 4.25. The van der Waals surface area contributed by atoms with E-state index in [1.54, 1.807) is 18.1 Å². The molecule has 2 aromatic rings. The van der Waals surface area contributed by atoms with Crippen LogP contribution in [0.3, 0.4) is 0 Å². The summed E-state index contributed by atoms with van der Waals surface area (Å²) >= 11 is 0. The summed E-state index contributed by atoms with van der Waals surface area (Å²) in [6.07, 6.45) is 4.44. The lowest BCUT2D eigenvalue weighted by atomic mass is 9.93. The second-order valence-corrected chi connectivity index (χ2v) is 7.56. The van der Waals surface area contributed by atoms with E-state index in [2.05, 4.69) is 11.1 Å². The van der Waals surface area contributed by atoms with Gasteiger partial charge >= 0.3 is 6.09 Å². The van der Waals surface area contributed by atoms with Gasteiger partial charge in [-0.3, -0.25) is 0 Å². The SMILES string of the molecule is CN(C[C@H]1OCCCc2c(-c3cnco3)cccc21)C(=O)OC(C)(C)C. The minimum atomic E-state index is -0.521. The molecule has 1 aromatic carbocycles. The Labute approximate surface area is 154 Å². The Bertz CT molecular complexity index is 750. The zero-order chi connectivity index (χ0) is 18.7. The molecule has 1 aliphatic heterocycles. The number of oxazole rings is 1. The van der Waals surface area contributed by atoms with Crippen LogP contribution in [-0.4, -0.2) is 41.8 Å². The average Bonchev–Trinajstić information content (AvgIpc) is 3.02. The van der Waals surface area contributed by atoms with E-state index in [0.29, 0.717) is 13.2 Å². The highest BCUT2D eigenvalue weighted by atomic mass is 16.6. The van der Waals surface area contributed by atoms with Gasteiger partial charge in [0.1, 0.15) is 11.7 Å². The summed E-state index contributed by atoms with van der Waals surface area (Å²) in [5, 5.41) is 0. The quantitative estimate of drug-likeness (QED) is 0.822. The Kier molecular flexibility index (Phi) is 5.32. The van der Waals surface area contributed by atoms with Crippen molar-refractivity contribution < 1.29 is 18.7 Å².